The second kappa shape index (κ2) is 12.2. The number of nitrogens with zero attached hydrogens (tertiary/aromatic N) is 7. The van der Waals surface area contributed by atoms with E-state index in [1.165, 1.54) is 37.2 Å². The number of thiazole rings is 1. The number of hydrogen-bond donors (Lipinski definition) is 2. The molecule has 3 fully saturated rings. The number of carbonyl (C=O) groups excluding carboxylic acids is 1. The van der Waals surface area contributed by atoms with Gasteiger partial charge in [0.15, 0.2) is 10.7 Å². The lowest BCUT2D eigenvalue weighted by atomic mass is 9.90. The van der Waals surface area contributed by atoms with Gasteiger partial charge in [-0.25, -0.2) is 19.5 Å². The molecule has 1 amide bonds. The van der Waals surface area contributed by atoms with Crippen LogP contribution < -0.4 is 25.4 Å². The van der Waals surface area contributed by atoms with E-state index in [1.54, 1.807) is 13.3 Å². The second-order valence-corrected chi connectivity index (χ2v) is 13.2. The fourth-order valence-electron chi connectivity index (χ4n) is 6.76. The highest BCUT2D eigenvalue weighted by molar-refractivity contribution is 7.13. The quantitative estimate of drug-likeness (QED) is 0.299. The van der Waals surface area contributed by atoms with Crippen molar-refractivity contribution in [2.45, 2.75) is 70.1 Å². The van der Waals surface area contributed by atoms with Crippen LogP contribution in [0.1, 0.15) is 59.6 Å². The Hall–Kier alpha value is -3.97. The molecule has 4 aromatic rings. The number of nitrogens with one attached hydrogen (secondary N) is 1. The van der Waals surface area contributed by atoms with Crippen LogP contribution in [0.3, 0.4) is 0 Å². The van der Waals surface area contributed by atoms with Crippen LogP contribution in [0.4, 0.5) is 11.5 Å². The standard InChI is InChI=1S/C31H39N9O3S/c1-19-36-31(43-23-8-6-22(7-9-23)38-13-4-14-38)28(44-19)30(41)37-21-5-3-12-39(17-21)25-16-24(20-10-11-33-26(15-20)42-2)40-27(25)29(32)34-18-35-40/h10-11,15-16,18,21-23H,3-9,12-14,17H2,1-2H3,(H,37,41)(H2,32,34,35)/t21-,22?,23?/m1/s1. The summed E-state index contributed by atoms with van der Waals surface area (Å²) in [6.45, 7) is 5.85. The molecule has 3 N–H and O–H groups in total. The van der Waals surface area contributed by atoms with Crippen LogP contribution in [0, 0.1) is 6.92 Å². The van der Waals surface area contributed by atoms with Crippen LogP contribution in [0.15, 0.2) is 30.7 Å². The predicted octanol–water partition coefficient (Wildman–Crippen LogP) is 3.94. The Kier molecular flexibility index (Phi) is 7.98. The van der Waals surface area contributed by atoms with Crippen molar-refractivity contribution in [3.63, 3.8) is 0 Å². The zero-order valence-electron chi connectivity index (χ0n) is 25.2. The van der Waals surface area contributed by atoms with Crippen molar-refractivity contribution in [1.29, 1.82) is 0 Å². The minimum absolute atomic E-state index is 0.0521. The molecule has 1 aliphatic carbocycles. The van der Waals surface area contributed by atoms with Gasteiger partial charge in [-0.2, -0.15) is 5.10 Å². The van der Waals surface area contributed by atoms with Crippen molar-refractivity contribution in [3.05, 3.63) is 40.6 Å². The van der Waals surface area contributed by atoms with Crippen LogP contribution >= 0.6 is 11.3 Å². The first kappa shape index (κ1) is 28.8. The van der Waals surface area contributed by atoms with Gasteiger partial charge in [0, 0.05) is 43.0 Å². The summed E-state index contributed by atoms with van der Waals surface area (Å²) in [7, 11) is 1.60. The Labute approximate surface area is 260 Å². The van der Waals surface area contributed by atoms with E-state index in [0.29, 0.717) is 35.0 Å². The summed E-state index contributed by atoms with van der Waals surface area (Å²) in [4.78, 5) is 32.2. The molecular formula is C31H39N9O3S. The Morgan fingerprint density at radius 1 is 1.09 bits per heavy atom. The summed E-state index contributed by atoms with van der Waals surface area (Å²) in [6, 6.07) is 6.50. The van der Waals surface area contributed by atoms with Gasteiger partial charge < -0.3 is 30.3 Å². The van der Waals surface area contributed by atoms with Crippen LogP contribution in [0.25, 0.3) is 16.8 Å². The SMILES string of the molecule is COc1cc(-c2cc(N3CCC[C@@H](NC(=O)c4sc(C)nc4OC4CCC(N5CCC5)CC4)C3)c3c(N)ncnn23)ccn1. The van der Waals surface area contributed by atoms with Crippen LogP contribution in [-0.2, 0) is 0 Å². The van der Waals surface area contributed by atoms with Gasteiger partial charge in [0.2, 0.25) is 11.8 Å². The highest BCUT2D eigenvalue weighted by Crippen LogP contribution is 2.36. The van der Waals surface area contributed by atoms with Gasteiger partial charge in [0.25, 0.3) is 5.91 Å². The number of rotatable bonds is 8. The smallest absolute Gasteiger partial charge is 0.267 e. The molecule has 4 aromatic heterocycles. The number of piperidine rings is 1. The summed E-state index contributed by atoms with van der Waals surface area (Å²) in [5, 5.41) is 8.64. The largest absolute Gasteiger partial charge is 0.481 e. The first-order valence-corrected chi connectivity index (χ1v) is 16.3. The molecule has 44 heavy (non-hydrogen) atoms. The molecule has 0 spiro atoms. The molecule has 232 valence electrons. The average Bonchev–Trinajstić information content (AvgIpc) is 3.59. The van der Waals surface area contributed by atoms with E-state index in [0.717, 1.165) is 72.5 Å². The number of anilines is 2. The number of nitrogens with two attached hydrogens (primary N) is 1. The molecule has 13 heteroatoms. The minimum Gasteiger partial charge on any atom is -0.481 e. The zero-order valence-corrected chi connectivity index (χ0v) is 26.1. The molecule has 0 unspecified atom stereocenters. The lowest BCUT2D eigenvalue weighted by Gasteiger charge is -2.41. The van der Waals surface area contributed by atoms with Crippen molar-refractivity contribution in [2.24, 2.45) is 0 Å². The van der Waals surface area contributed by atoms with E-state index in [1.807, 2.05) is 23.6 Å². The molecule has 0 radical (unpaired) electrons. The van der Waals surface area contributed by atoms with Crippen molar-refractivity contribution >= 4 is 34.3 Å². The van der Waals surface area contributed by atoms with Gasteiger partial charge in [-0.05, 0) is 77.1 Å². The lowest BCUT2D eigenvalue weighted by molar-refractivity contribution is 0.0518. The fourth-order valence-corrected chi connectivity index (χ4v) is 7.52. The lowest BCUT2D eigenvalue weighted by Crippen LogP contribution is -2.48. The molecule has 12 nitrogen and oxygen atoms in total. The molecule has 0 aromatic carbocycles. The van der Waals surface area contributed by atoms with E-state index in [-0.39, 0.29) is 18.1 Å². The van der Waals surface area contributed by atoms with Crippen molar-refractivity contribution in [3.8, 4) is 23.0 Å². The minimum atomic E-state index is -0.124. The summed E-state index contributed by atoms with van der Waals surface area (Å²) in [5.74, 6) is 1.27. The Morgan fingerprint density at radius 2 is 1.93 bits per heavy atom. The van der Waals surface area contributed by atoms with Crippen molar-refractivity contribution in [1.82, 2.24) is 34.8 Å². The highest BCUT2D eigenvalue weighted by atomic mass is 32.1. The van der Waals surface area contributed by atoms with E-state index >= 15 is 0 Å². The molecular weight excluding hydrogens is 578 g/mol. The second-order valence-electron chi connectivity index (χ2n) is 12.0. The molecule has 3 aliphatic rings. The number of carbonyl (C=O) groups is 1. The number of aromatic nitrogens is 5. The number of fused-ring (bicyclic) bond motifs is 1. The van der Waals surface area contributed by atoms with Gasteiger partial charge in [-0.1, -0.05) is 0 Å². The number of aryl methyl sites for hydroxylation is 1. The number of methoxy groups -OCH3 is 1. The molecule has 7 rings (SSSR count). The van der Waals surface area contributed by atoms with Gasteiger partial charge in [-0.15, -0.1) is 11.3 Å². The first-order valence-electron chi connectivity index (χ1n) is 15.5. The molecule has 6 heterocycles. The maximum atomic E-state index is 13.6. The Balaban J connectivity index is 1.06. The number of nitrogen functional groups attached to an aromatic ring is 1. The molecule has 2 saturated heterocycles. The van der Waals surface area contributed by atoms with E-state index in [4.69, 9.17) is 15.2 Å². The topological polar surface area (TPSA) is 136 Å². The molecule has 1 atom stereocenters. The molecule has 1 saturated carbocycles. The van der Waals surface area contributed by atoms with Gasteiger partial charge in [-0.3, -0.25) is 4.79 Å². The predicted molar refractivity (Wildman–Crippen MR) is 170 cm³/mol. The van der Waals surface area contributed by atoms with Crippen LogP contribution in [0.5, 0.6) is 11.8 Å². The maximum Gasteiger partial charge on any atom is 0.267 e. The normalized spacial score (nSPS) is 22.5. The van der Waals surface area contributed by atoms with Crippen molar-refractivity contribution in [2.75, 3.05) is 43.9 Å². The van der Waals surface area contributed by atoms with Gasteiger partial charge >= 0.3 is 0 Å². The number of pyridine rings is 1. The van der Waals surface area contributed by atoms with E-state index < -0.39 is 0 Å². The van der Waals surface area contributed by atoms with E-state index in [2.05, 4.69) is 41.2 Å². The third-order valence-electron chi connectivity index (χ3n) is 9.14. The van der Waals surface area contributed by atoms with Gasteiger partial charge in [0.1, 0.15) is 17.9 Å². The number of ether oxygens (including phenoxy) is 2. The summed E-state index contributed by atoms with van der Waals surface area (Å²) in [6.07, 6.45) is 10.7. The van der Waals surface area contributed by atoms with E-state index in [9.17, 15) is 4.79 Å². The van der Waals surface area contributed by atoms with Crippen molar-refractivity contribution < 1.29 is 14.3 Å². The third-order valence-corrected chi connectivity index (χ3v) is 10.1. The monoisotopic (exact) mass is 617 g/mol. The summed E-state index contributed by atoms with van der Waals surface area (Å²) < 4.78 is 13.5. The first-order chi connectivity index (χ1) is 21.5. The number of hydrogen-bond acceptors (Lipinski definition) is 11. The summed E-state index contributed by atoms with van der Waals surface area (Å²) >= 11 is 1.40. The number of likely N-dealkylation sites (tertiary alicyclic amines) is 1. The fraction of sp³-hybridized carbons (Fsp3) is 0.516. The molecule has 0 bridgehead atoms. The van der Waals surface area contributed by atoms with Crippen LogP contribution in [-0.4, -0.2) is 86.8 Å². The molecule has 2 aliphatic heterocycles. The number of amides is 1. The zero-order chi connectivity index (χ0) is 30.2. The maximum absolute atomic E-state index is 13.6. The summed E-state index contributed by atoms with van der Waals surface area (Å²) in [5.41, 5.74) is 9.83. The van der Waals surface area contributed by atoms with Crippen LogP contribution in [0.2, 0.25) is 0 Å². The van der Waals surface area contributed by atoms with Gasteiger partial charge in [0.05, 0.1) is 23.5 Å². The third kappa shape index (κ3) is 5.65. The Bertz CT molecular complexity index is 1640. The highest BCUT2D eigenvalue weighted by Gasteiger charge is 2.32. The average molecular weight is 618 g/mol. The Morgan fingerprint density at radius 3 is 2.70 bits per heavy atom.